The Labute approximate surface area is 202 Å². The van der Waals surface area contributed by atoms with E-state index >= 15 is 0 Å². The van der Waals surface area contributed by atoms with Crippen LogP contribution in [0.4, 0.5) is 5.69 Å². The van der Waals surface area contributed by atoms with Crippen molar-refractivity contribution < 1.29 is 23.8 Å². The maximum absolute atomic E-state index is 14.3. The number of anilines is 1. The Kier molecular flexibility index (Phi) is 5.52. The van der Waals surface area contributed by atoms with Crippen LogP contribution in [0, 0.1) is 6.92 Å². The third kappa shape index (κ3) is 3.15. The molecule has 1 amide bonds. The van der Waals surface area contributed by atoms with Crippen LogP contribution in [-0.2, 0) is 31.0 Å². The number of hydrogen-bond donors (Lipinski definition) is 1. The average molecular weight is 478 g/mol. The molecule has 9 heteroatoms. The van der Waals surface area contributed by atoms with Crippen molar-refractivity contribution in [2.24, 2.45) is 5.73 Å². The lowest BCUT2D eigenvalue weighted by Gasteiger charge is -2.36. The normalized spacial score (nSPS) is 22.7. The number of esters is 1. The minimum absolute atomic E-state index is 0.0414. The topological polar surface area (TPSA) is 113 Å². The Morgan fingerprint density at radius 2 is 2.11 bits per heavy atom. The number of ether oxygens (including phenoxy) is 3. The number of carbonyl (C=O) groups is 2. The Bertz CT molecular complexity index is 1340. The fraction of sp³-hybridized carbons (Fsp3) is 0.346. The second-order valence-electron chi connectivity index (χ2n) is 8.88. The molecule has 2 atom stereocenters. The Balaban J connectivity index is 1.86. The third-order valence-corrected chi connectivity index (χ3v) is 6.96. The number of methoxy groups -OCH3 is 1. The van der Waals surface area contributed by atoms with Crippen LogP contribution in [0.2, 0.25) is 0 Å². The lowest BCUT2D eigenvalue weighted by atomic mass is 9.68. The smallest absolute Gasteiger partial charge is 0.340 e. The molecule has 1 aromatic carbocycles. The first-order valence-corrected chi connectivity index (χ1v) is 11.5. The van der Waals surface area contributed by atoms with Crippen LogP contribution >= 0.6 is 0 Å². The SMILES string of the molecule is C=CCN1C(=O)[C@@]2(C(C(=O)OC)=C(N)Oc3cc(C)n(C[C@@H]4CCCO4)c(=O)c32)c2ccccc21. The molecular formula is C26H27N3O6. The van der Waals surface area contributed by atoms with Crippen molar-refractivity contribution in [1.29, 1.82) is 0 Å². The number of nitrogens with zero attached hydrogens (tertiary/aromatic N) is 2. The molecular weight excluding hydrogens is 450 g/mol. The van der Waals surface area contributed by atoms with Crippen molar-refractivity contribution in [1.82, 2.24) is 4.57 Å². The van der Waals surface area contributed by atoms with E-state index in [-0.39, 0.29) is 35.4 Å². The van der Waals surface area contributed by atoms with Crippen LogP contribution in [-0.4, -0.2) is 42.8 Å². The molecule has 1 aromatic heterocycles. The molecule has 0 radical (unpaired) electrons. The maximum atomic E-state index is 14.3. The number of amides is 1. The van der Waals surface area contributed by atoms with Gasteiger partial charge in [0.1, 0.15) is 16.7 Å². The number of benzene rings is 1. The van der Waals surface area contributed by atoms with Gasteiger partial charge in [0.2, 0.25) is 11.8 Å². The fourth-order valence-electron chi connectivity index (χ4n) is 5.47. The molecule has 2 N–H and O–H groups in total. The predicted octanol–water partition coefficient (Wildman–Crippen LogP) is 1.89. The lowest BCUT2D eigenvalue weighted by Crippen LogP contribution is -2.52. The summed E-state index contributed by atoms with van der Waals surface area (Å²) in [5.74, 6) is -1.47. The molecule has 182 valence electrons. The van der Waals surface area contributed by atoms with Crippen molar-refractivity contribution in [2.45, 2.75) is 37.8 Å². The van der Waals surface area contributed by atoms with E-state index in [1.165, 1.54) is 12.0 Å². The van der Waals surface area contributed by atoms with Crippen LogP contribution < -0.4 is 20.9 Å². The number of carbonyl (C=O) groups excluding carboxylic acids is 2. The molecule has 0 aliphatic carbocycles. The minimum atomic E-state index is -1.83. The fourth-order valence-corrected chi connectivity index (χ4v) is 5.47. The molecule has 1 spiro atoms. The molecule has 4 heterocycles. The number of aryl methyl sites for hydroxylation is 1. The number of pyridine rings is 1. The second-order valence-corrected chi connectivity index (χ2v) is 8.88. The highest BCUT2D eigenvalue weighted by Crippen LogP contribution is 2.54. The third-order valence-electron chi connectivity index (χ3n) is 6.96. The minimum Gasteiger partial charge on any atom is -0.465 e. The van der Waals surface area contributed by atoms with E-state index in [9.17, 15) is 14.4 Å². The van der Waals surface area contributed by atoms with E-state index in [4.69, 9.17) is 19.9 Å². The van der Waals surface area contributed by atoms with Crippen molar-refractivity contribution in [3.63, 3.8) is 0 Å². The van der Waals surface area contributed by atoms with Gasteiger partial charge < -0.3 is 29.4 Å². The van der Waals surface area contributed by atoms with Gasteiger partial charge in [-0.05, 0) is 25.8 Å². The molecule has 3 aliphatic rings. The largest absolute Gasteiger partial charge is 0.465 e. The summed E-state index contributed by atoms with van der Waals surface area (Å²) in [7, 11) is 1.20. The van der Waals surface area contributed by atoms with Crippen LogP contribution in [0.15, 0.2) is 59.2 Å². The van der Waals surface area contributed by atoms with Crippen LogP contribution in [0.3, 0.4) is 0 Å². The van der Waals surface area contributed by atoms with Crippen LogP contribution in [0.5, 0.6) is 5.75 Å². The number of nitrogens with two attached hydrogens (primary N) is 1. The van der Waals surface area contributed by atoms with Crippen molar-refractivity contribution in [2.75, 3.05) is 25.2 Å². The summed E-state index contributed by atoms with van der Waals surface area (Å²) in [6, 6.07) is 8.72. The number of hydrogen-bond acceptors (Lipinski definition) is 7. The van der Waals surface area contributed by atoms with Gasteiger partial charge in [0.25, 0.3) is 5.56 Å². The van der Waals surface area contributed by atoms with Gasteiger partial charge in [0.05, 0.1) is 25.3 Å². The first-order chi connectivity index (χ1) is 16.9. The van der Waals surface area contributed by atoms with Gasteiger partial charge in [-0.1, -0.05) is 24.3 Å². The molecule has 1 fully saturated rings. The molecule has 35 heavy (non-hydrogen) atoms. The number of fused-ring (bicyclic) bond motifs is 4. The molecule has 9 nitrogen and oxygen atoms in total. The zero-order valence-electron chi connectivity index (χ0n) is 19.7. The van der Waals surface area contributed by atoms with Gasteiger partial charge in [-0.3, -0.25) is 9.59 Å². The van der Waals surface area contributed by atoms with Crippen LogP contribution in [0.25, 0.3) is 0 Å². The van der Waals surface area contributed by atoms with E-state index < -0.39 is 22.9 Å². The second kappa shape index (κ2) is 8.42. The summed E-state index contributed by atoms with van der Waals surface area (Å²) < 4.78 is 18.2. The van der Waals surface area contributed by atoms with Gasteiger partial charge >= 0.3 is 5.97 Å². The van der Waals surface area contributed by atoms with Gasteiger partial charge in [-0.25, -0.2) is 4.79 Å². The van der Waals surface area contributed by atoms with E-state index in [1.807, 2.05) is 0 Å². The van der Waals surface area contributed by atoms with E-state index in [1.54, 1.807) is 47.9 Å². The summed E-state index contributed by atoms with van der Waals surface area (Å²) in [5, 5.41) is 0. The Hall–Kier alpha value is -3.85. The number of rotatable bonds is 5. The van der Waals surface area contributed by atoms with Gasteiger partial charge in [0.15, 0.2) is 0 Å². The molecule has 5 rings (SSSR count). The van der Waals surface area contributed by atoms with Crippen molar-refractivity contribution >= 4 is 17.6 Å². The number of aromatic nitrogens is 1. The lowest BCUT2D eigenvalue weighted by molar-refractivity contribution is -0.138. The van der Waals surface area contributed by atoms with E-state index in [2.05, 4.69) is 6.58 Å². The quantitative estimate of drug-likeness (QED) is 0.517. The monoisotopic (exact) mass is 477 g/mol. The van der Waals surface area contributed by atoms with Gasteiger partial charge in [-0.15, -0.1) is 6.58 Å². The summed E-state index contributed by atoms with van der Waals surface area (Å²) in [5.41, 5.74) is 5.50. The molecule has 3 aliphatic heterocycles. The predicted molar refractivity (Wildman–Crippen MR) is 128 cm³/mol. The number of para-hydroxylation sites is 1. The zero-order valence-corrected chi connectivity index (χ0v) is 19.7. The highest BCUT2D eigenvalue weighted by atomic mass is 16.5. The molecule has 2 aromatic rings. The van der Waals surface area contributed by atoms with Gasteiger partial charge in [0, 0.05) is 36.2 Å². The average Bonchev–Trinajstić information content (AvgIpc) is 3.43. The van der Waals surface area contributed by atoms with E-state index in [0.717, 1.165) is 12.8 Å². The molecule has 0 unspecified atom stereocenters. The standard InChI is InChI=1S/C26H27N3O6/c1-4-11-28-18-10-6-5-9-17(18)26(25(28)32)20-19(35-22(27)21(26)24(31)33-3)13-15(2)29(23(20)30)14-16-8-7-12-34-16/h4-6,9-10,13,16H,1,7-8,11-12,14,27H2,2-3H3/t16-,26-/m0/s1. The molecule has 0 bridgehead atoms. The summed E-state index contributed by atoms with van der Waals surface area (Å²) in [6.07, 6.45) is 3.23. The first kappa shape index (κ1) is 22.9. The van der Waals surface area contributed by atoms with Crippen molar-refractivity contribution in [3.05, 3.63) is 81.6 Å². The van der Waals surface area contributed by atoms with Gasteiger partial charge in [-0.2, -0.15) is 0 Å². The summed E-state index contributed by atoms with van der Waals surface area (Å²) in [4.78, 5) is 43.1. The summed E-state index contributed by atoms with van der Waals surface area (Å²) >= 11 is 0. The van der Waals surface area contributed by atoms with Crippen LogP contribution in [0.1, 0.15) is 29.7 Å². The first-order valence-electron chi connectivity index (χ1n) is 11.5. The highest BCUT2D eigenvalue weighted by molar-refractivity contribution is 6.18. The Morgan fingerprint density at radius 3 is 2.80 bits per heavy atom. The summed E-state index contributed by atoms with van der Waals surface area (Å²) in [6.45, 7) is 6.71. The highest BCUT2D eigenvalue weighted by Gasteiger charge is 2.62. The molecule has 1 saturated heterocycles. The zero-order chi connectivity index (χ0) is 24.9. The maximum Gasteiger partial charge on any atom is 0.340 e. The Morgan fingerprint density at radius 1 is 1.34 bits per heavy atom. The van der Waals surface area contributed by atoms with Crippen molar-refractivity contribution in [3.8, 4) is 5.75 Å². The molecule has 0 saturated carbocycles. The van der Waals surface area contributed by atoms with E-state index in [0.29, 0.717) is 30.1 Å².